The quantitative estimate of drug-likeness (QED) is 0.923. The summed E-state index contributed by atoms with van der Waals surface area (Å²) in [5.41, 5.74) is 3.88. The molecule has 0 bridgehead atoms. The molecule has 2 heterocycles. The molecule has 21 heavy (non-hydrogen) atoms. The van der Waals surface area contributed by atoms with Crippen LogP contribution in [0.3, 0.4) is 0 Å². The molecule has 4 heteroatoms. The molecule has 0 spiro atoms. The average molecular weight is 308 g/mol. The standard InChI is InChI=1S/C17H29N3S/c1-13-9-15(20-7-8-21-17(5,6)12-20)14(10-18-13)11-19-16(2,3)4/h9-10,19H,7-8,11-12H2,1-6H3. The van der Waals surface area contributed by atoms with Crippen LogP contribution in [0.1, 0.15) is 45.9 Å². The number of hydrogen-bond acceptors (Lipinski definition) is 4. The minimum absolute atomic E-state index is 0.124. The largest absolute Gasteiger partial charge is 0.369 e. The predicted molar refractivity (Wildman–Crippen MR) is 94.3 cm³/mol. The Morgan fingerprint density at radius 3 is 2.71 bits per heavy atom. The number of hydrogen-bond donors (Lipinski definition) is 1. The van der Waals surface area contributed by atoms with Crippen LogP contribution < -0.4 is 10.2 Å². The molecule has 0 atom stereocenters. The van der Waals surface area contributed by atoms with Gasteiger partial charge in [-0.3, -0.25) is 4.98 Å². The Hall–Kier alpha value is -0.740. The minimum atomic E-state index is 0.124. The van der Waals surface area contributed by atoms with E-state index in [1.54, 1.807) is 0 Å². The highest BCUT2D eigenvalue weighted by molar-refractivity contribution is 8.00. The summed E-state index contributed by atoms with van der Waals surface area (Å²) in [5.74, 6) is 1.19. The Balaban J connectivity index is 2.22. The molecule has 1 N–H and O–H groups in total. The smallest absolute Gasteiger partial charge is 0.0446 e. The number of aryl methyl sites for hydroxylation is 1. The molecule has 0 radical (unpaired) electrons. The number of nitrogens with zero attached hydrogens (tertiary/aromatic N) is 2. The number of pyridine rings is 1. The van der Waals surface area contributed by atoms with E-state index in [0.29, 0.717) is 4.75 Å². The maximum absolute atomic E-state index is 4.50. The van der Waals surface area contributed by atoms with Crippen LogP contribution in [-0.2, 0) is 6.54 Å². The van der Waals surface area contributed by atoms with Gasteiger partial charge in [0.1, 0.15) is 0 Å². The highest BCUT2D eigenvalue weighted by Gasteiger charge is 2.28. The molecule has 0 aliphatic carbocycles. The van der Waals surface area contributed by atoms with Gasteiger partial charge >= 0.3 is 0 Å². The zero-order valence-corrected chi connectivity index (χ0v) is 15.1. The van der Waals surface area contributed by atoms with Gasteiger partial charge in [-0.05, 0) is 47.6 Å². The van der Waals surface area contributed by atoms with Crippen molar-refractivity contribution in [2.75, 3.05) is 23.7 Å². The molecule has 0 amide bonds. The summed E-state index contributed by atoms with van der Waals surface area (Å²) in [6.45, 7) is 16.5. The fourth-order valence-electron chi connectivity index (χ4n) is 2.59. The lowest BCUT2D eigenvalue weighted by atomic mass is 10.1. The summed E-state index contributed by atoms with van der Waals surface area (Å²) >= 11 is 2.07. The van der Waals surface area contributed by atoms with Gasteiger partial charge < -0.3 is 10.2 Å². The van der Waals surface area contributed by atoms with E-state index in [-0.39, 0.29) is 5.54 Å². The number of rotatable bonds is 3. The van der Waals surface area contributed by atoms with Crippen LogP contribution in [-0.4, -0.2) is 34.1 Å². The average Bonchev–Trinajstić information content (AvgIpc) is 2.35. The van der Waals surface area contributed by atoms with Crippen LogP contribution in [0.25, 0.3) is 0 Å². The highest BCUT2D eigenvalue weighted by Crippen LogP contribution is 2.33. The fraction of sp³-hybridized carbons (Fsp3) is 0.706. The van der Waals surface area contributed by atoms with Crippen molar-refractivity contribution in [3.8, 4) is 0 Å². The number of thioether (sulfide) groups is 1. The zero-order valence-electron chi connectivity index (χ0n) is 14.3. The molecule has 0 aromatic carbocycles. The molecule has 3 nitrogen and oxygen atoms in total. The Bertz CT molecular complexity index is 491. The number of anilines is 1. The lowest BCUT2D eigenvalue weighted by molar-refractivity contribution is 0.424. The third-order valence-electron chi connectivity index (χ3n) is 3.67. The second-order valence-corrected chi connectivity index (χ2v) is 9.39. The minimum Gasteiger partial charge on any atom is -0.369 e. The van der Waals surface area contributed by atoms with E-state index in [9.17, 15) is 0 Å². The van der Waals surface area contributed by atoms with Gasteiger partial charge in [0.15, 0.2) is 0 Å². The Kier molecular flexibility index (Phi) is 4.89. The third-order valence-corrected chi connectivity index (χ3v) is 4.97. The first-order chi connectivity index (χ1) is 9.66. The van der Waals surface area contributed by atoms with Gasteiger partial charge in [0.2, 0.25) is 0 Å². The van der Waals surface area contributed by atoms with E-state index in [1.165, 1.54) is 17.0 Å². The van der Waals surface area contributed by atoms with Gasteiger partial charge in [-0.1, -0.05) is 0 Å². The van der Waals surface area contributed by atoms with E-state index < -0.39 is 0 Å². The third kappa shape index (κ3) is 4.89. The van der Waals surface area contributed by atoms with Gasteiger partial charge in [-0.15, -0.1) is 0 Å². The maximum Gasteiger partial charge on any atom is 0.0446 e. The van der Waals surface area contributed by atoms with Gasteiger partial charge in [0, 0.05) is 58.8 Å². The first-order valence-corrected chi connectivity index (χ1v) is 8.74. The van der Waals surface area contributed by atoms with E-state index in [2.05, 4.69) is 74.6 Å². The van der Waals surface area contributed by atoms with E-state index in [1.807, 2.05) is 6.20 Å². The fourth-order valence-corrected chi connectivity index (χ4v) is 3.70. The van der Waals surface area contributed by atoms with Crippen molar-refractivity contribution in [2.24, 2.45) is 0 Å². The van der Waals surface area contributed by atoms with Gasteiger partial charge in [0.05, 0.1) is 0 Å². The molecule has 1 aliphatic rings. The van der Waals surface area contributed by atoms with Crippen molar-refractivity contribution in [3.05, 3.63) is 23.5 Å². The Morgan fingerprint density at radius 1 is 1.38 bits per heavy atom. The molecular formula is C17H29N3S. The van der Waals surface area contributed by atoms with Crippen LogP contribution in [0.4, 0.5) is 5.69 Å². The van der Waals surface area contributed by atoms with Crippen molar-refractivity contribution in [3.63, 3.8) is 0 Å². The number of nitrogens with one attached hydrogen (secondary N) is 1. The van der Waals surface area contributed by atoms with E-state index in [0.717, 1.165) is 25.3 Å². The molecule has 1 aromatic heterocycles. The summed E-state index contributed by atoms with van der Waals surface area (Å²) in [7, 11) is 0. The molecule has 1 saturated heterocycles. The molecule has 118 valence electrons. The normalized spacial score (nSPS) is 18.9. The summed E-state index contributed by atoms with van der Waals surface area (Å²) in [5, 5.41) is 3.59. The van der Waals surface area contributed by atoms with Crippen molar-refractivity contribution in [2.45, 2.75) is 58.4 Å². The summed E-state index contributed by atoms with van der Waals surface area (Å²) < 4.78 is 0.324. The van der Waals surface area contributed by atoms with Crippen LogP contribution in [0.15, 0.2) is 12.3 Å². The van der Waals surface area contributed by atoms with Crippen LogP contribution in [0.5, 0.6) is 0 Å². The summed E-state index contributed by atoms with van der Waals surface area (Å²) in [6, 6.07) is 2.24. The van der Waals surface area contributed by atoms with E-state index in [4.69, 9.17) is 0 Å². The van der Waals surface area contributed by atoms with Crippen molar-refractivity contribution < 1.29 is 0 Å². The summed E-state index contributed by atoms with van der Waals surface area (Å²) in [4.78, 5) is 7.03. The second-order valence-electron chi connectivity index (χ2n) is 7.59. The number of aromatic nitrogens is 1. The Morgan fingerprint density at radius 2 is 2.10 bits per heavy atom. The molecule has 0 saturated carbocycles. The molecule has 1 aromatic rings. The topological polar surface area (TPSA) is 28.2 Å². The lowest BCUT2D eigenvalue weighted by Crippen LogP contribution is -2.44. The van der Waals surface area contributed by atoms with Crippen molar-refractivity contribution in [1.82, 2.24) is 10.3 Å². The van der Waals surface area contributed by atoms with Crippen LogP contribution in [0.2, 0.25) is 0 Å². The van der Waals surface area contributed by atoms with Gasteiger partial charge in [-0.2, -0.15) is 11.8 Å². The van der Waals surface area contributed by atoms with E-state index >= 15 is 0 Å². The second kappa shape index (κ2) is 6.17. The Labute approximate surface area is 133 Å². The van der Waals surface area contributed by atoms with Crippen molar-refractivity contribution >= 4 is 17.4 Å². The van der Waals surface area contributed by atoms with Crippen molar-refractivity contribution in [1.29, 1.82) is 0 Å². The SMILES string of the molecule is Cc1cc(N2CCSC(C)(C)C2)c(CNC(C)(C)C)cn1. The predicted octanol–water partition coefficient (Wildman–Crippen LogP) is 3.61. The summed E-state index contributed by atoms with van der Waals surface area (Å²) in [6.07, 6.45) is 2.04. The lowest BCUT2D eigenvalue weighted by Gasteiger charge is -2.40. The molecule has 1 aliphatic heterocycles. The molecular weight excluding hydrogens is 278 g/mol. The van der Waals surface area contributed by atoms with Crippen LogP contribution >= 0.6 is 11.8 Å². The molecule has 2 rings (SSSR count). The maximum atomic E-state index is 4.50. The highest BCUT2D eigenvalue weighted by atomic mass is 32.2. The first kappa shape index (κ1) is 16.6. The molecule has 1 fully saturated rings. The monoisotopic (exact) mass is 307 g/mol. The van der Waals surface area contributed by atoms with Crippen LogP contribution in [0, 0.1) is 6.92 Å². The first-order valence-electron chi connectivity index (χ1n) is 7.76. The molecule has 0 unspecified atom stereocenters. The van der Waals surface area contributed by atoms with Gasteiger partial charge in [0.25, 0.3) is 0 Å². The zero-order chi connectivity index (χ0) is 15.7. The van der Waals surface area contributed by atoms with Gasteiger partial charge in [-0.25, -0.2) is 0 Å².